The van der Waals surface area contributed by atoms with Crippen molar-refractivity contribution in [1.29, 1.82) is 0 Å². The van der Waals surface area contributed by atoms with Crippen molar-refractivity contribution in [3.05, 3.63) is 24.3 Å². The van der Waals surface area contributed by atoms with E-state index in [0.29, 0.717) is 5.69 Å². The second-order valence-electron chi connectivity index (χ2n) is 4.37. The van der Waals surface area contributed by atoms with Crippen molar-refractivity contribution in [1.82, 2.24) is 20.2 Å². The van der Waals surface area contributed by atoms with Gasteiger partial charge in [0.05, 0.1) is 0 Å². The van der Waals surface area contributed by atoms with Crippen molar-refractivity contribution in [3.8, 4) is 11.4 Å². The Bertz CT molecular complexity index is 511. The molecule has 0 aliphatic carbocycles. The highest BCUT2D eigenvalue weighted by Crippen LogP contribution is 2.22. The fourth-order valence-corrected chi connectivity index (χ4v) is 1.93. The normalized spacial score (nSPS) is 10.8. The standard InChI is InChI=1S/C13H19N5O/c1-19-10-6-2-5-9-18-13(15-16-17-18)11-7-3-4-8-12(11)14/h3-4,7-8H,2,5-6,9-10,14H2,1H3. The first-order valence-electron chi connectivity index (χ1n) is 6.43. The van der Waals surface area contributed by atoms with E-state index in [1.54, 1.807) is 11.8 Å². The molecule has 0 unspecified atom stereocenters. The third-order valence-electron chi connectivity index (χ3n) is 2.95. The van der Waals surface area contributed by atoms with Gasteiger partial charge in [0.2, 0.25) is 0 Å². The van der Waals surface area contributed by atoms with Crippen molar-refractivity contribution < 1.29 is 4.74 Å². The maximum atomic E-state index is 5.95. The van der Waals surface area contributed by atoms with E-state index in [1.807, 2.05) is 24.3 Å². The number of nitrogens with zero attached hydrogens (tertiary/aromatic N) is 4. The Labute approximate surface area is 112 Å². The number of ether oxygens (including phenoxy) is 1. The number of methoxy groups -OCH3 is 1. The van der Waals surface area contributed by atoms with Crippen LogP contribution in [0.2, 0.25) is 0 Å². The zero-order chi connectivity index (χ0) is 13.5. The molecule has 6 heteroatoms. The number of hydrogen-bond acceptors (Lipinski definition) is 5. The molecule has 0 saturated heterocycles. The van der Waals surface area contributed by atoms with E-state index in [9.17, 15) is 0 Å². The Morgan fingerprint density at radius 1 is 1.21 bits per heavy atom. The number of unbranched alkanes of at least 4 members (excludes halogenated alkanes) is 2. The van der Waals surface area contributed by atoms with Crippen LogP contribution in [-0.4, -0.2) is 33.9 Å². The monoisotopic (exact) mass is 261 g/mol. The van der Waals surface area contributed by atoms with Crippen LogP contribution < -0.4 is 5.73 Å². The Morgan fingerprint density at radius 2 is 2.05 bits per heavy atom. The van der Waals surface area contributed by atoms with E-state index < -0.39 is 0 Å². The van der Waals surface area contributed by atoms with Gasteiger partial charge in [-0.1, -0.05) is 12.1 Å². The molecule has 2 aromatic rings. The molecule has 0 spiro atoms. The molecule has 1 heterocycles. The van der Waals surface area contributed by atoms with Crippen molar-refractivity contribution in [3.63, 3.8) is 0 Å². The Balaban J connectivity index is 2.00. The molecule has 0 saturated carbocycles. The van der Waals surface area contributed by atoms with Crippen molar-refractivity contribution in [2.24, 2.45) is 0 Å². The molecular formula is C13H19N5O. The average molecular weight is 261 g/mol. The van der Waals surface area contributed by atoms with Gasteiger partial charge < -0.3 is 10.5 Å². The minimum Gasteiger partial charge on any atom is -0.398 e. The summed E-state index contributed by atoms with van der Waals surface area (Å²) in [5, 5.41) is 11.8. The van der Waals surface area contributed by atoms with Crippen LogP contribution in [-0.2, 0) is 11.3 Å². The molecule has 0 aliphatic rings. The van der Waals surface area contributed by atoms with Crippen molar-refractivity contribution in [2.75, 3.05) is 19.5 Å². The molecule has 2 N–H and O–H groups in total. The smallest absolute Gasteiger partial charge is 0.184 e. The van der Waals surface area contributed by atoms with Crippen LogP contribution in [0.15, 0.2) is 24.3 Å². The third kappa shape index (κ3) is 3.51. The number of tetrazole rings is 1. The topological polar surface area (TPSA) is 78.8 Å². The number of aryl methyl sites for hydroxylation is 1. The fourth-order valence-electron chi connectivity index (χ4n) is 1.93. The van der Waals surface area contributed by atoms with Gasteiger partial charge in [0, 0.05) is 31.5 Å². The van der Waals surface area contributed by atoms with E-state index in [2.05, 4.69) is 15.5 Å². The molecule has 0 amide bonds. The number of aromatic nitrogens is 4. The van der Waals surface area contributed by atoms with Gasteiger partial charge in [0.15, 0.2) is 5.82 Å². The summed E-state index contributed by atoms with van der Waals surface area (Å²) in [5.41, 5.74) is 7.52. The molecule has 6 nitrogen and oxygen atoms in total. The maximum absolute atomic E-state index is 5.95. The van der Waals surface area contributed by atoms with Crippen LogP contribution in [0.5, 0.6) is 0 Å². The first-order valence-corrected chi connectivity index (χ1v) is 6.43. The first kappa shape index (κ1) is 13.5. The number of anilines is 1. The van der Waals surface area contributed by atoms with Gasteiger partial charge in [-0.2, -0.15) is 0 Å². The summed E-state index contributed by atoms with van der Waals surface area (Å²) in [5.74, 6) is 0.727. The summed E-state index contributed by atoms with van der Waals surface area (Å²) < 4.78 is 6.83. The van der Waals surface area contributed by atoms with E-state index in [1.165, 1.54) is 0 Å². The zero-order valence-electron chi connectivity index (χ0n) is 11.1. The molecule has 1 aromatic heterocycles. The Morgan fingerprint density at radius 3 is 2.84 bits per heavy atom. The Kier molecular flexibility index (Phi) is 4.85. The number of para-hydroxylation sites is 1. The summed E-state index contributed by atoms with van der Waals surface area (Å²) in [6.45, 7) is 1.59. The van der Waals surface area contributed by atoms with Crippen molar-refractivity contribution >= 4 is 5.69 Å². The lowest BCUT2D eigenvalue weighted by molar-refractivity contribution is 0.191. The van der Waals surface area contributed by atoms with Gasteiger partial charge in [-0.15, -0.1) is 5.10 Å². The van der Waals surface area contributed by atoms with Crippen LogP contribution in [0.3, 0.4) is 0 Å². The van der Waals surface area contributed by atoms with E-state index >= 15 is 0 Å². The fraction of sp³-hybridized carbons (Fsp3) is 0.462. The van der Waals surface area contributed by atoms with E-state index in [4.69, 9.17) is 10.5 Å². The Hall–Kier alpha value is -1.95. The van der Waals surface area contributed by atoms with Gasteiger partial charge in [-0.25, -0.2) is 4.68 Å². The van der Waals surface area contributed by atoms with Crippen LogP contribution in [0, 0.1) is 0 Å². The molecular weight excluding hydrogens is 242 g/mol. The first-order chi connectivity index (χ1) is 9.33. The quantitative estimate of drug-likeness (QED) is 0.606. The average Bonchev–Trinajstić information content (AvgIpc) is 2.87. The summed E-state index contributed by atoms with van der Waals surface area (Å²) in [4.78, 5) is 0. The molecule has 0 bridgehead atoms. The van der Waals surface area contributed by atoms with Gasteiger partial charge in [0.1, 0.15) is 0 Å². The number of hydrogen-bond donors (Lipinski definition) is 1. The van der Waals surface area contributed by atoms with Gasteiger partial charge >= 0.3 is 0 Å². The molecule has 0 radical (unpaired) electrons. The predicted molar refractivity (Wildman–Crippen MR) is 73.4 cm³/mol. The van der Waals surface area contributed by atoms with E-state index in [0.717, 1.165) is 43.8 Å². The van der Waals surface area contributed by atoms with Crippen LogP contribution >= 0.6 is 0 Å². The minimum atomic E-state index is 0.693. The van der Waals surface area contributed by atoms with E-state index in [-0.39, 0.29) is 0 Å². The predicted octanol–water partition coefficient (Wildman–Crippen LogP) is 1.74. The van der Waals surface area contributed by atoms with Crippen molar-refractivity contribution in [2.45, 2.75) is 25.8 Å². The highest BCUT2D eigenvalue weighted by atomic mass is 16.5. The van der Waals surface area contributed by atoms with Crippen LogP contribution in [0.1, 0.15) is 19.3 Å². The molecule has 1 aromatic carbocycles. The summed E-state index contributed by atoms with van der Waals surface area (Å²) >= 11 is 0. The molecule has 0 fully saturated rings. The third-order valence-corrected chi connectivity index (χ3v) is 2.95. The number of nitrogen functional groups attached to an aromatic ring is 1. The zero-order valence-corrected chi connectivity index (χ0v) is 11.1. The number of benzene rings is 1. The highest BCUT2D eigenvalue weighted by Gasteiger charge is 2.10. The highest BCUT2D eigenvalue weighted by molar-refractivity contribution is 5.70. The van der Waals surface area contributed by atoms with Gasteiger partial charge in [-0.05, 0) is 41.8 Å². The number of nitrogens with two attached hydrogens (primary N) is 1. The second-order valence-corrected chi connectivity index (χ2v) is 4.37. The second kappa shape index (κ2) is 6.84. The summed E-state index contributed by atoms with van der Waals surface area (Å²) in [7, 11) is 1.72. The maximum Gasteiger partial charge on any atom is 0.184 e. The van der Waals surface area contributed by atoms with Crippen LogP contribution in [0.25, 0.3) is 11.4 Å². The van der Waals surface area contributed by atoms with Gasteiger partial charge in [-0.3, -0.25) is 0 Å². The molecule has 2 rings (SSSR count). The lowest BCUT2D eigenvalue weighted by atomic mass is 10.1. The number of rotatable bonds is 7. The summed E-state index contributed by atoms with van der Waals surface area (Å²) in [6.07, 6.45) is 3.17. The van der Waals surface area contributed by atoms with Gasteiger partial charge in [0.25, 0.3) is 0 Å². The lowest BCUT2D eigenvalue weighted by Crippen LogP contribution is -2.04. The van der Waals surface area contributed by atoms with Crippen LogP contribution in [0.4, 0.5) is 5.69 Å². The molecule has 102 valence electrons. The SMILES string of the molecule is COCCCCCn1nnnc1-c1ccccc1N. The minimum absolute atomic E-state index is 0.693. The lowest BCUT2D eigenvalue weighted by Gasteiger charge is -2.06. The molecule has 0 atom stereocenters. The summed E-state index contributed by atoms with van der Waals surface area (Å²) in [6, 6.07) is 7.62. The molecule has 0 aliphatic heterocycles. The molecule has 19 heavy (non-hydrogen) atoms. The largest absolute Gasteiger partial charge is 0.398 e.